The van der Waals surface area contributed by atoms with Gasteiger partial charge >= 0.3 is 0 Å². The predicted molar refractivity (Wildman–Crippen MR) is 226 cm³/mol. The Hall–Kier alpha value is -7.43. The van der Waals surface area contributed by atoms with E-state index in [0.29, 0.717) is 17.5 Å². The summed E-state index contributed by atoms with van der Waals surface area (Å²) in [6.07, 6.45) is 0. The quantitative estimate of drug-likeness (QED) is 0.173. The second kappa shape index (κ2) is 13.8. The van der Waals surface area contributed by atoms with Gasteiger partial charge in [0.1, 0.15) is 0 Å². The summed E-state index contributed by atoms with van der Waals surface area (Å²) in [5.41, 5.74) is 15.7. The van der Waals surface area contributed by atoms with Crippen molar-refractivity contribution >= 4 is 17.1 Å². The minimum absolute atomic E-state index is 0.639. The predicted octanol–water partition coefficient (Wildman–Crippen LogP) is 13.3. The number of hydrogen-bond acceptors (Lipinski definition) is 4. The molecule has 2 heterocycles. The topological polar surface area (TPSA) is 41.9 Å². The summed E-state index contributed by atoms with van der Waals surface area (Å²) >= 11 is 0. The fraction of sp³-hybridized carbons (Fsp3) is 0. The summed E-state index contributed by atoms with van der Waals surface area (Å²) < 4.78 is 0. The van der Waals surface area contributed by atoms with Crippen molar-refractivity contribution in [3.63, 3.8) is 0 Å². The molecule has 1 aliphatic heterocycles. The van der Waals surface area contributed by atoms with Crippen LogP contribution in [0.5, 0.6) is 0 Å². The molecule has 10 rings (SSSR count). The molecule has 0 N–H and O–H groups in total. The second-order valence-corrected chi connectivity index (χ2v) is 13.7. The Kier molecular flexibility index (Phi) is 8.12. The van der Waals surface area contributed by atoms with Crippen LogP contribution in [0.25, 0.3) is 78.7 Å². The van der Waals surface area contributed by atoms with Gasteiger partial charge in [-0.1, -0.05) is 164 Å². The molecule has 0 saturated heterocycles. The molecular formula is C51H34N4. The van der Waals surface area contributed by atoms with Gasteiger partial charge in [0, 0.05) is 33.5 Å². The SMILES string of the molecule is c1ccc(-c2nc(-c3ccccc3)nc(-c3cccc(-c4cccc(-c5ccc6c(c5)-c5ccccc5N(c5ccccc5)c5ccccc5-6)c4)c3)n2)cc1. The Morgan fingerprint density at radius 2 is 0.655 bits per heavy atom. The Labute approximate surface area is 320 Å². The highest BCUT2D eigenvalue weighted by Gasteiger charge is 2.26. The summed E-state index contributed by atoms with van der Waals surface area (Å²) in [6.45, 7) is 0. The van der Waals surface area contributed by atoms with Crippen LogP contribution in [0, 0.1) is 0 Å². The van der Waals surface area contributed by atoms with Crippen LogP contribution in [0.2, 0.25) is 0 Å². The molecule has 0 spiro atoms. The molecule has 0 amide bonds. The molecule has 0 bridgehead atoms. The van der Waals surface area contributed by atoms with Gasteiger partial charge < -0.3 is 4.90 Å². The van der Waals surface area contributed by atoms with Crippen LogP contribution in [0.3, 0.4) is 0 Å². The molecule has 55 heavy (non-hydrogen) atoms. The summed E-state index contributed by atoms with van der Waals surface area (Å²) in [5, 5.41) is 0. The van der Waals surface area contributed by atoms with Gasteiger partial charge in [0.15, 0.2) is 17.5 Å². The third-order valence-electron chi connectivity index (χ3n) is 10.3. The molecule has 4 heteroatoms. The molecule has 0 atom stereocenters. The lowest BCUT2D eigenvalue weighted by molar-refractivity contribution is 1.07. The number of nitrogens with zero attached hydrogens (tertiary/aromatic N) is 4. The van der Waals surface area contributed by atoms with E-state index in [1.807, 2.05) is 60.7 Å². The van der Waals surface area contributed by atoms with Crippen molar-refractivity contribution in [3.8, 4) is 78.7 Å². The standard InChI is InChI=1S/C51H34N4/c1-4-16-35(17-5-1)49-52-50(36-18-6-2-7-19-36)54-51(53-49)41-23-15-22-39(33-41)37-20-14-21-38(32-37)40-30-31-43-44-26-10-12-28-47(44)55(42-24-8-3-9-25-42)48-29-13-11-27-45(48)46(43)34-40/h1-34H. The van der Waals surface area contributed by atoms with E-state index in [1.54, 1.807) is 0 Å². The van der Waals surface area contributed by atoms with Crippen LogP contribution in [0.15, 0.2) is 206 Å². The van der Waals surface area contributed by atoms with Crippen LogP contribution in [-0.4, -0.2) is 15.0 Å². The van der Waals surface area contributed by atoms with Crippen molar-refractivity contribution in [3.05, 3.63) is 206 Å². The van der Waals surface area contributed by atoms with E-state index in [2.05, 4.69) is 150 Å². The zero-order valence-electron chi connectivity index (χ0n) is 29.9. The van der Waals surface area contributed by atoms with Crippen LogP contribution in [0.1, 0.15) is 0 Å². The maximum Gasteiger partial charge on any atom is 0.164 e. The molecule has 258 valence electrons. The maximum atomic E-state index is 4.98. The molecule has 1 aliphatic rings. The largest absolute Gasteiger partial charge is 0.309 e. The van der Waals surface area contributed by atoms with E-state index in [0.717, 1.165) is 50.3 Å². The summed E-state index contributed by atoms with van der Waals surface area (Å²) in [6, 6.07) is 72.5. The first-order chi connectivity index (χ1) is 27.3. The van der Waals surface area contributed by atoms with Gasteiger partial charge in [0.05, 0.1) is 11.4 Å². The van der Waals surface area contributed by atoms with Crippen molar-refractivity contribution in [2.24, 2.45) is 0 Å². The van der Waals surface area contributed by atoms with Gasteiger partial charge in [-0.05, 0) is 75.8 Å². The molecule has 0 unspecified atom stereocenters. The highest BCUT2D eigenvalue weighted by molar-refractivity contribution is 6.03. The first kappa shape index (κ1) is 32.2. The lowest BCUT2D eigenvalue weighted by Gasteiger charge is -2.27. The van der Waals surface area contributed by atoms with E-state index in [9.17, 15) is 0 Å². The van der Waals surface area contributed by atoms with E-state index in [1.165, 1.54) is 27.9 Å². The fourth-order valence-electron chi connectivity index (χ4n) is 7.61. The van der Waals surface area contributed by atoms with Crippen molar-refractivity contribution in [2.75, 3.05) is 4.90 Å². The number of rotatable bonds is 6. The van der Waals surface area contributed by atoms with Gasteiger partial charge in [-0.25, -0.2) is 15.0 Å². The second-order valence-electron chi connectivity index (χ2n) is 13.7. The monoisotopic (exact) mass is 702 g/mol. The molecule has 0 fully saturated rings. The first-order valence-corrected chi connectivity index (χ1v) is 18.5. The summed E-state index contributed by atoms with van der Waals surface area (Å²) in [4.78, 5) is 17.2. The fourth-order valence-corrected chi connectivity index (χ4v) is 7.61. The molecule has 8 aromatic carbocycles. The number of para-hydroxylation sites is 3. The van der Waals surface area contributed by atoms with Crippen LogP contribution < -0.4 is 4.90 Å². The minimum Gasteiger partial charge on any atom is -0.309 e. The molecule has 9 aromatic rings. The molecule has 4 nitrogen and oxygen atoms in total. The highest BCUT2D eigenvalue weighted by atomic mass is 15.1. The Balaban J connectivity index is 1.06. The van der Waals surface area contributed by atoms with Gasteiger partial charge in [-0.3, -0.25) is 0 Å². The van der Waals surface area contributed by atoms with Gasteiger partial charge in [0.25, 0.3) is 0 Å². The van der Waals surface area contributed by atoms with Crippen LogP contribution >= 0.6 is 0 Å². The zero-order chi connectivity index (χ0) is 36.6. The van der Waals surface area contributed by atoms with Crippen molar-refractivity contribution in [1.29, 1.82) is 0 Å². The normalized spacial score (nSPS) is 11.6. The summed E-state index contributed by atoms with van der Waals surface area (Å²) in [7, 11) is 0. The molecular weight excluding hydrogens is 669 g/mol. The summed E-state index contributed by atoms with van der Waals surface area (Å²) in [5.74, 6) is 1.94. The van der Waals surface area contributed by atoms with Crippen LogP contribution in [0.4, 0.5) is 17.1 Å². The zero-order valence-corrected chi connectivity index (χ0v) is 29.9. The number of anilines is 3. The lowest BCUT2D eigenvalue weighted by Crippen LogP contribution is -2.10. The Morgan fingerprint density at radius 1 is 0.255 bits per heavy atom. The average molecular weight is 703 g/mol. The molecule has 0 saturated carbocycles. The van der Waals surface area contributed by atoms with E-state index in [4.69, 9.17) is 15.0 Å². The number of hydrogen-bond donors (Lipinski definition) is 0. The van der Waals surface area contributed by atoms with E-state index in [-0.39, 0.29) is 0 Å². The third-order valence-corrected chi connectivity index (χ3v) is 10.3. The van der Waals surface area contributed by atoms with Gasteiger partial charge in [-0.15, -0.1) is 0 Å². The van der Waals surface area contributed by atoms with Crippen molar-refractivity contribution < 1.29 is 0 Å². The Bertz CT molecular complexity index is 2760. The van der Waals surface area contributed by atoms with Gasteiger partial charge in [-0.2, -0.15) is 0 Å². The molecule has 0 aliphatic carbocycles. The lowest BCUT2D eigenvalue weighted by atomic mass is 9.90. The number of fused-ring (bicyclic) bond motifs is 5. The smallest absolute Gasteiger partial charge is 0.164 e. The first-order valence-electron chi connectivity index (χ1n) is 18.5. The maximum absolute atomic E-state index is 4.98. The highest BCUT2D eigenvalue weighted by Crippen LogP contribution is 2.51. The number of benzene rings is 8. The van der Waals surface area contributed by atoms with E-state index < -0.39 is 0 Å². The Morgan fingerprint density at radius 3 is 1.22 bits per heavy atom. The molecule has 1 aromatic heterocycles. The van der Waals surface area contributed by atoms with Gasteiger partial charge in [0.2, 0.25) is 0 Å². The van der Waals surface area contributed by atoms with Crippen molar-refractivity contribution in [2.45, 2.75) is 0 Å². The number of aromatic nitrogens is 3. The van der Waals surface area contributed by atoms with Crippen molar-refractivity contribution in [1.82, 2.24) is 15.0 Å². The third kappa shape index (κ3) is 6.06. The average Bonchev–Trinajstić information content (AvgIpc) is 3.39. The van der Waals surface area contributed by atoms with Crippen LogP contribution in [-0.2, 0) is 0 Å². The minimum atomic E-state index is 0.639. The molecule has 0 radical (unpaired) electrons. The van der Waals surface area contributed by atoms with E-state index >= 15 is 0 Å².